The van der Waals surface area contributed by atoms with Gasteiger partial charge < -0.3 is 10.1 Å². The highest BCUT2D eigenvalue weighted by Gasteiger charge is 2.63. The molecule has 0 aromatic heterocycles. The van der Waals surface area contributed by atoms with Gasteiger partial charge in [-0.1, -0.05) is 32.9 Å². The monoisotopic (exact) mass is 543 g/mol. The maximum Gasteiger partial charge on any atom is 0.418 e. The molecule has 8 atom stereocenters. The summed E-state index contributed by atoms with van der Waals surface area (Å²) < 4.78 is 87.6. The molecule has 1 aliphatic heterocycles. The molecule has 0 saturated heterocycles. The minimum absolute atomic E-state index is 0.0794. The summed E-state index contributed by atoms with van der Waals surface area (Å²) in [5, 5.41) is 2.09. The number of para-hydroxylation sites is 1. The zero-order valence-electron chi connectivity index (χ0n) is 21.4. The summed E-state index contributed by atoms with van der Waals surface area (Å²) in [4.78, 5) is 25.4. The van der Waals surface area contributed by atoms with Crippen LogP contribution in [-0.2, 0) is 26.7 Å². The van der Waals surface area contributed by atoms with Crippen molar-refractivity contribution in [3.63, 3.8) is 0 Å². The lowest BCUT2D eigenvalue weighted by atomic mass is 9.46. The van der Waals surface area contributed by atoms with Crippen LogP contribution in [0.4, 0.5) is 32.0 Å². The Balaban J connectivity index is 1.45. The van der Waals surface area contributed by atoms with Crippen LogP contribution < -0.4 is 5.32 Å². The molecular formula is C28H31F6NO3. The number of hydrogen-bond acceptors (Lipinski definition) is 3. The highest BCUT2D eigenvalue weighted by Crippen LogP contribution is 2.66. The van der Waals surface area contributed by atoms with Gasteiger partial charge in [0.15, 0.2) is 0 Å². The van der Waals surface area contributed by atoms with Gasteiger partial charge in [-0.3, -0.25) is 4.79 Å². The Morgan fingerprint density at radius 1 is 1.00 bits per heavy atom. The van der Waals surface area contributed by atoms with Crippen LogP contribution in [0.3, 0.4) is 0 Å². The van der Waals surface area contributed by atoms with E-state index >= 15 is 0 Å². The van der Waals surface area contributed by atoms with Gasteiger partial charge >= 0.3 is 18.3 Å². The smallest absolute Gasteiger partial charge is 0.418 e. The fourth-order valence-electron chi connectivity index (χ4n) is 8.33. The molecular weight excluding hydrogens is 512 g/mol. The van der Waals surface area contributed by atoms with Gasteiger partial charge in [-0.25, -0.2) is 4.79 Å². The van der Waals surface area contributed by atoms with E-state index < -0.39 is 46.4 Å². The van der Waals surface area contributed by atoms with Crippen LogP contribution in [-0.4, -0.2) is 18.0 Å². The van der Waals surface area contributed by atoms with Crippen molar-refractivity contribution >= 4 is 17.6 Å². The van der Waals surface area contributed by atoms with Gasteiger partial charge in [0, 0.05) is 17.4 Å². The number of hydrogen-bond donors (Lipinski definition) is 1. The molecule has 3 aliphatic carbocycles. The highest BCUT2D eigenvalue weighted by molar-refractivity contribution is 5.95. The SMILES string of the molecule is CC1CC2OC(=O)C=C[C@]2(C)[C@@H]2CC[C@]3(C)C(C(=O)Nc4c(C(F)(F)F)cccc4C(F)(F)F)CC[C@H]3[C@H]12. The van der Waals surface area contributed by atoms with E-state index in [2.05, 4.69) is 19.2 Å². The summed E-state index contributed by atoms with van der Waals surface area (Å²) in [6.07, 6.45) is -3.88. The predicted molar refractivity (Wildman–Crippen MR) is 127 cm³/mol. The third-order valence-electron chi connectivity index (χ3n) is 10.1. The molecule has 1 aromatic carbocycles. The molecule has 4 nitrogen and oxygen atoms in total. The quantitative estimate of drug-likeness (QED) is 0.316. The van der Waals surface area contributed by atoms with Gasteiger partial charge in [0.2, 0.25) is 5.91 Å². The number of halogens is 6. The summed E-state index contributed by atoms with van der Waals surface area (Å²) in [5.41, 5.74) is -5.16. The molecule has 4 aliphatic rings. The summed E-state index contributed by atoms with van der Waals surface area (Å²) in [5.74, 6) is -1.20. The molecule has 0 bridgehead atoms. The number of carbonyl (C=O) groups is 2. The molecule has 10 heteroatoms. The molecule has 0 spiro atoms. The molecule has 0 radical (unpaired) electrons. The molecule has 1 heterocycles. The zero-order valence-corrected chi connectivity index (χ0v) is 21.4. The number of fused-ring (bicyclic) bond motifs is 5. The number of alkyl halides is 6. The van der Waals surface area contributed by atoms with Crippen molar-refractivity contribution in [2.75, 3.05) is 5.32 Å². The van der Waals surface area contributed by atoms with Gasteiger partial charge in [0.1, 0.15) is 6.10 Å². The average Bonchev–Trinajstić information content (AvgIpc) is 3.16. The average molecular weight is 544 g/mol. The van der Waals surface area contributed by atoms with Crippen molar-refractivity contribution in [3.8, 4) is 0 Å². The van der Waals surface area contributed by atoms with E-state index in [0.717, 1.165) is 6.42 Å². The maximum absolute atomic E-state index is 13.7. The van der Waals surface area contributed by atoms with Crippen molar-refractivity contribution < 1.29 is 40.7 Å². The fourth-order valence-corrected chi connectivity index (χ4v) is 8.33. The van der Waals surface area contributed by atoms with E-state index in [0.29, 0.717) is 43.9 Å². The summed E-state index contributed by atoms with van der Waals surface area (Å²) in [7, 11) is 0. The van der Waals surface area contributed by atoms with Gasteiger partial charge in [-0.15, -0.1) is 0 Å². The van der Waals surface area contributed by atoms with Crippen molar-refractivity contribution in [3.05, 3.63) is 41.5 Å². The number of carbonyl (C=O) groups excluding carboxylic acids is 2. The second kappa shape index (κ2) is 8.74. The normalized spacial score (nSPS) is 38.6. The van der Waals surface area contributed by atoms with E-state index in [1.807, 2.05) is 13.0 Å². The molecule has 38 heavy (non-hydrogen) atoms. The molecule has 3 saturated carbocycles. The van der Waals surface area contributed by atoms with Crippen LogP contribution in [0.15, 0.2) is 30.4 Å². The largest absolute Gasteiger partial charge is 0.458 e. The van der Waals surface area contributed by atoms with Crippen molar-refractivity contribution in [1.82, 2.24) is 0 Å². The Morgan fingerprint density at radius 2 is 1.63 bits per heavy atom. The second-order valence-electron chi connectivity index (χ2n) is 12.0. The van der Waals surface area contributed by atoms with Gasteiger partial charge in [-0.05, 0) is 73.3 Å². The minimum atomic E-state index is -5.06. The Morgan fingerprint density at radius 3 is 2.24 bits per heavy atom. The predicted octanol–water partition coefficient (Wildman–Crippen LogP) is 7.25. The molecule has 3 fully saturated rings. The number of rotatable bonds is 2. The van der Waals surface area contributed by atoms with Gasteiger partial charge in [0.25, 0.3) is 0 Å². The number of anilines is 1. The first-order chi connectivity index (χ1) is 17.6. The Labute approximate surface area is 217 Å². The van der Waals surface area contributed by atoms with E-state index in [4.69, 9.17) is 4.74 Å². The maximum atomic E-state index is 13.7. The van der Waals surface area contributed by atoms with E-state index in [1.54, 1.807) is 0 Å². The van der Waals surface area contributed by atoms with Crippen molar-refractivity contribution in [1.29, 1.82) is 0 Å². The first-order valence-electron chi connectivity index (χ1n) is 13.1. The van der Waals surface area contributed by atoms with Crippen LogP contribution >= 0.6 is 0 Å². The van der Waals surface area contributed by atoms with E-state index in [-0.39, 0.29) is 41.2 Å². The Hall–Kier alpha value is -2.52. The highest BCUT2D eigenvalue weighted by atomic mass is 19.4. The molecule has 1 aromatic rings. The van der Waals surface area contributed by atoms with Gasteiger partial charge in [0.05, 0.1) is 16.8 Å². The molecule has 3 unspecified atom stereocenters. The topological polar surface area (TPSA) is 55.4 Å². The second-order valence-corrected chi connectivity index (χ2v) is 12.0. The lowest BCUT2D eigenvalue weighted by Crippen LogP contribution is -2.58. The van der Waals surface area contributed by atoms with E-state index in [9.17, 15) is 35.9 Å². The first-order valence-corrected chi connectivity index (χ1v) is 13.1. The number of ether oxygens (including phenoxy) is 1. The van der Waals surface area contributed by atoms with Crippen molar-refractivity contribution in [2.45, 2.75) is 71.3 Å². The first kappa shape index (κ1) is 27.1. The van der Waals surface area contributed by atoms with Gasteiger partial charge in [-0.2, -0.15) is 26.3 Å². The Bertz CT molecular complexity index is 1140. The minimum Gasteiger partial charge on any atom is -0.458 e. The molecule has 1 amide bonds. The van der Waals surface area contributed by atoms with E-state index in [1.165, 1.54) is 6.08 Å². The third-order valence-corrected chi connectivity index (χ3v) is 10.1. The number of benzene rings is 1. The van der Waals surface area contributed by atoms with Crippen LogP contribution in [0.5, 0.6) is 0 Å². The zero-order chi connectivity index (χ0) is 27.8. The lowest BCUT2D eigenvalue weighted by Gasteiger charge is -2.60. The van der Waals surface area contributed by atoms with Crippen LogP contribution in [0.1, 0.15) is 64.0 Å². The fraction of sp³-hybridized carbons (Fsp3) is 0.643. The van der Waals surface area contributed by atoms with Crippen LogP contribution in [0.2, 0.25) is 0 Å². The van der Waals surface area contributed by atoms with Crippen molar-refractivity contribution in [2.24, 2.45) is 40.4 Å². The lowest BCUT2D eigenvalue weighted by molar-refractivity contribution is -0.175. The summed E-state index contributed by atoms with van der Waals surface area (Å²) in [6.45, 7) is 6.17. The van der Waals surface area contributed by atoms with Crippen LogP contribution in [0, 0.1) is 40.4 Å². The molecule has 208 valence electrons. The summed E-state index contributed by atoms with van der Waals surface area (Å²) >= 11 is 0. The summed E-state index contributed by atoms with van der Waals surface area (Å²) in [6, 6.07) is 1.81. The molecule has 1 N–H and O–H groups in total. The Kier molecular flexibility index (Phi) is 6.23. The number of nitrogens with one attached hydrogen (secondary N) is 1. The third kappa shape index (κ3) is 4.13. The number of amides is 1. The number of esters is 1. The molecule has 5 rings (SSSR count). The van der Waals surface area contributed by atoms with Crippen LogP contribution in [0.25, 0.3) is 0 Å². The standard InChI is InChI=1S/C28H31F6NO3/c1-14-13-20-26(3,12-10-21(36)38-20)16-9-11-25(2)15(22(14)16)7-8-19(25)24(37)35-23-17(27(29,30)31)5-4-6-18(23)28(32,33)34/h4-6,10,12,14-16,19-20,22H,7-9,11,13H2,1-3H3,(H,35,37)/t14?,15-,16+,19?,20?,22-,25-,26+/m0/s1.